The zero-order chi connectivity index (χ0) is 24.2. The predicted octanol–water partition coefficient (Wildman–Crippen LogP) is 6.49. The number of allylic oxidation sites excluding steroid dienone is 1. The molecule has 0 unspecified atom stereocenters. The van der Waals surface area contributed by atoms with Gasteiger partial charge in [-0.3, -0.25) is 14.3 Å². The minimum absolute atomic E-state index is 0.0645. The Bertz CT molecular complexity index is 1340. The minimum Gasteiger partial charge on any atom is -0.298 e. The van der Waals surface area contributed by atoms with E-state index in [-0.39, 0.29) is 5.91 Å². The number of hydrogen-bond acceptors (Lipinski definition) is 6. The van der Waals surface area contributed by atoms with Crippen molar-refractivity contribution in [2.24, 2.45) is 0 Å². The molecule has 4 aromatic rings. The van der Waals surface area contributed by atoms with Gasteiger partial charge in [0.2, 0.25) is 5.91 Å². The number of carbonyl (C=O) groups excluding carboxylic acids is 1. The normalized spacial score (nSPS) is 10.9. The lowest BCUT2D eigenvalue weighted by atomic mass is 10.1. The van der Waals surface area contributed by atoms with Gasteiger partial charge in [0, 0.05) is 30.2 Å². The zero-order valence-electron chi connectivity index (χ0n) is 19.8. The third kappa shape index (κ3) is 5.13. The Hall–Kier alpha value is -3.23. The van der Waals surface area contributed by atoms with Crippen molar-refractivity contribution < 1.29 is 4.79 Å². The van der Waals surface area contributed by atoms with Gasteiger partial charge in [0.1, 0.15) is 0 Å². The maximum atomic E-state index is 12.5. The van der Waals surface area contributed by atoms with Gasteiger partial charge in [-0.05, 0) is 50.1 Å². The molecular weight excluding hydrogens is 462 g/mol. The van der Waals surface area contributed by atoms with Gasteiger partial charge in [0.15, 0.2) is 16.1 Å². The summed E-state index contributed by atoms with van der Waals surface area (Å²) in [5.74, 6) is 1.38. The van der Waals surface area contributed by atoms with Crippen LogP contribution >= 0.6 is 23.1 Å². The number of benzene rings is 2. The first-order valence-electron chi connectivity index (χ1n) is 10.9. The van der Waals surface area contributed by atoms with Crippen LogP contribution < -0.4 is 4.90 Å². The molecular formula is C26H27N5OS2. The molecule has 0 aliphatic carbocycles. The van der Waals surface area contributed by atoms with Gasteiger partial charge in [-0.15, -0.1) is 28.1 Å². The van der Waals surface area contributed by atoms with Crippen LogP contribution in [0.25, 0.3) is 11.4 Å². The van der Waals surface area contributed by atoms with E-state index in [2.05, 4.69) is 47.3 Å². The van der Waals surface area contributed by atoms with Gasteiger partial charge >= 0.3 is 0 Å². The van der Waals surface area contributed by atoms with E-state index in [0.717, 1.165) is 33.5 Å². The molecule has 4 rings (SSSR count). The van der Waals surface area contributed by atoms with E-state index in [1.807, 2.05) is 48.7 Å². The number of amides is 1. The molecule has 0 spiro atoms. The summed E-state index contributed by atoms with van der Waals surface area (Å²) in [6, 6.07) is 14.3. The van der Waals surface area contributed by atoms with E-state index in [4.69, 9.17) is 4.98 Å². The first-order chi connectivity index (χ1) is 16.4. The highest BCUT2D eigenvalue weighted by molar-refractivity contribution is 7.98. The molecule has 6 nitrogen and oxygen atoms in total. The number of thioether (sulfide) groups is 1. The number of aryl methyl sites for hydroxylation is 3. The standard InChI is InChI=1S/C26H27N5OS2/c1-6-12-30-24(21-9-7-8-17(2)13-21)28-29-26(30)34-16-22-15-33-25(27-22)31(20(5)32)23-11-10-18(3)19(4)14-23/h6-11,13-15H,1,12,16H2,2-5H3. The second-order valence-electron chi connectivity index (χ2n) is 8.11. The molecule has 2 aromatic carbocycles. The molecule has 34 heavy (non-hydrogen) atoms. The summed E-state index contributed by atoms with van der Waals surface area (Å²) in [6.45, 7) is 12.2. The summed E-state index contributed by atoms with van der Waals surface area (Å²) in [5.41, 5.74) is 6.26. The molecule has 174 valence electrons. The molecule has 0 fully saturated rings. The molecule has 0 aliphatic rings. The Morgan fingerprint density at radius 3 is 2.68 bits per heavy atom. The van der Waals surface area contributed by atoms with Crippen LogP contribution in [0.5, 0.6) is 0 Å². The smallest absolute Gasteiger partial charge is 0.230 e. The summed E-state index contributed by atoms with van der Waals surface area (Å²) in [6.07, 6.45) is 1.85. The summed E-state index contributed by atoms with van der Waals surface area (Å²) >= 11 is 3.04. The van der Waals surface area contributed by atoms with Crippen molar-refractivity contribution in [1.29, 1.82) is 0 Å². The van der Waals surface area contributed by atoms with Crippen molar-refractivity contribution in [3.8, 4) is 11.4 Å². The highest BCUT2D eigenvalue weighted by atomic mass is 32.2. The van der Waals surface area contributed by atoms with Crippen LogP contribution in [0.3, 0.4) is 0 Å². The Morgan fingerprint density at radius 1 is 1.15 bits per heavy atom. The topological polar surface area (TPSA) is 63.9 Å². The number of hydrogen-bond donors (Lipinski definition) is 0. The number of nitrogens with zero attached hydrogens (tertiary/aromatic N) is 5. The maximum Gasteiger partial charge on any atom is 0.230 e. The van der Waals surface area contributed by atoms with Crippen molar-refractivity contribution in [3.63, 3.8) is 0 Å². The molecule has 2 aromatic heterocycles. The summed E-state index contributed by atoms with van der Waals surface area (Å²) < 4.78 is 2.07. The molecule has 1 amide bonds. The van der Waals surface area contributed by atoms with Gasteiger partial charge in [0.25, 0.3) is 0 Å². The Morgan fingerprint density at radius 2 is 1.97 bits per heavy atom. The second kappa shape index (κ2) is 10.4. The molecule has 0 aliphatic heterocycles. The molecule has 0 N–H and O–H groups in total. The van der Waals surface area contributed by atoms with E-state index in [0.29, 0.717) is 17.4 Å². The zero-order valence-corrected chi connectivity index (χ0v) is 21.4. The molecule has 0 saturated carbocycles. The largest absolute Gasteiger partial charge is 0.298 e. The van der Waals surface area contributed by atoms with E-state index < -0.39 is 0 Å². The van der Waals surface area contributed by atoms with Crippen molar-refractivity contribution >= 4 is 39.8 Å². The van der Waals surface area contributed by atoms with Gasteiger partial charge in [-0.1, -0.05) is 47.7 Å². The molecule has 0 saturated heterocycles. The van der Waals surface area contributed by atoms with Gasteiger partial charge in [-0.25, -0.2) is 4.98 Å². The molecule has 8 heteroatoms. The predicted molar refractivity (Wildman–Crippen MR) is 141 cm³/mol. The first-order valence-corrected chi connectivity index (χ1v) is 12.8. The molecule has 0 atom stereocenters. The van der Waals surface area contributed by atoms with Crippen LogP contribution in [0, 0.1) is 20.8 Å². The third-order valence-corrected chi connectivity index (χ3v) is 7.32. The molecule has 0 radical (unpaired) electrons. The van der Waals surface area contributed by atoms with Crippen LogP contribution in [-0.4, -0.2) is 25.7 Å². The lowest BCUT2D eigenvalue weighted by molar-refractivity contribution is -0.115. The quantitative estimate of drug-likeness (QED) is 0.209. The van der Waals surface area contributed by atoms with Crippen molar-refractivity contribution in [2.75, 3.05) is 4.90 Å². The van der Waals surface area contributed by atoms with Crippen LogP contribution in [0.1, 0.15) is 29.3 Å². The Kier molecular flexibility index (Phi) is 7.29. The minimum atomic E-state index is -0.0645. The average Bonchev–Trinajstić information content (AvgIpc) is 3.42. The van der Waals surface area contributed by atoms with Crippen molar-refractivity contribution in [1.82, 2.24) is 19.7 Å². The van der Waals surface area contributed by atoms with Crippen LogP contribution in [0.4, 0.5) is 10.8 Å². The monoisotopic (exact) mass is 489 g/mol. The van der Waals surface area contributed by atoms with Gasteiger partial charge in [0.05, 0.1) is 11.4 Å². The molecule has 0 bridgehead atoms. The Balaban J connectivity index is 1.55. The second-order valence-corrected chi connectivity index (χ2v) is 9.89. The fourth-order valence-electron chi connectivity index (χ4n) is 3.58. The number of aromatic nitrogens is 4. The SMILES string of the molecule is C=CCn1c(SCc2csc(N(C(C)=O)c3ccc(C)c(C)c3)n2)nnc1-c1cccc(C)c1. The summed E-state index contributed by atoms with van der Waals surface area (Å²) in [7, 11) is 0. The van der Waals surface area contributed by atoms with E-state index >= 15 is 0 Å². The number of rotatable bonds is 8. The number of carbonyl (C=O) groups is 1. The van der Waals surface area contributed by atoms with E-state index in [1.54, 1.807) is 23.6 Å². The van der Waals surface area contributed by atoms with Gasteiger partial charge < -0.3 is 0 Å². The maximum absolute atomic E-state index is 12.5. The average molecular weight is 490 g/mol. The number of thiazole rings is 1. The lowest BCUT2D eigenvalue weighted by Gasteiger charge is -2.19. The first kappa shape index (κ1) is 23.9. The third-order valence-electron chi connectivity index (χ3n) is 5.45. The van der Waals surface area contributed by atoms with E-state index in [9.17, 15) is 4.79 Å². The highest BCUT2D eigenvalue weighted by Crippen LogP contribution is 2.32. The fraction of sp³-hybridized carbons (Fsp3) is 0.231. The lowest BCUT2D eigenvalue weighted by Crippen LogP contribution is -2.22. The van der Waals surface area contributed by atoms with Crippen molar-refractivity contribution in [2.45, 2.75) is 45.1 Å². The van der Waals surface area contributed by atoms with Gasteiger partial charge in [-0.2, -0.15) is 0 Å². The Labute approximate surface area is 208 Å². The van der Waals surface area contributed by atoms with E-state index in [1.165, 1.54) is 22.5 Å². The summed E-state index contributed by atoms with van der Waals surface area (Å²) in [4.78, 5) is 18.9. The molecule has 2 heterocycles. The number of anilines is 2. The highest BCUT2D eigenvalue weighted by Gasteiger charge is 2.19. The van der Waals surface area contributed by atoms with Crippen LogP contribution in [0.15, 0.2) is 65.7 Å². The van der Waals surface area contributed by atoms with Crippen molar-refractivity contribution in [3.05, 3.63) is 82.9 Å². The van der Waals surface area contributed by atoms with Crippen LogP contribution in [-0.2, 0) is 17.1 Å². The summed E-state index contributed by atoms with van der Waals surface area (Å²) in [5, 5.41) is 12.3. The fourth-order valence-corrected chi connectivity index (χ4v) is 5.41. The van der Waals surface area contributed by atoms with Crippen LogP contribution in [0.2, 0.25) is 0 Å².